The van der Waals surface area contributed by atoms with E-state index in [1.807, 2.05) is 39.8 Å². The molecule has 3 nitrogen and oxygen atoms in total. The van der Waals surface area contributed by atoms with Gasteiger partial charge in [-0.1, -0.05) is 23.6 Å². The first-order valence-electron chi connectivity index (χ1n) is 6.30. The second-order valence-corrected chi connectivity index (χ2v) is 7.50. The predicted octanol–water partition coefficient (Wildman–Crippen LogP) is 5.32. The van der Waals surface area contributed by atoms with E-state index in [0.717, 1.165) is 11.1 Å². The fraction of sp³-hybridized carbons (Fsp3) is 0.400. The van der Waals surface area contributed by atoms with Gasteiger partial charge in [-0.3, -0.25) is 0 Å². The number of ether oxygens (including phenoxy) is 1. The van der Waals surface area contributed by atoms with Crippen LogP contribution in [0.25, 0.3) is 0 Å². The Morgan fingerprint density at radius 1 is 1.48 bits per heavy atom. The average Bonchev–Trinajstić information content (AvgIpc) is 2.33. The van der Waals surface area contributed by atoms with Crippen LogP contribution in [0.2, 0.25) is 5.02 Å². The Kier molecular flexibility index (Phi) is 7.17. The summed E-state index contributed by atoms with van der Waals surface area (Å²) < 4.78 is 5.23. The fourth-order valence-electron chi connectivity index (χ4n) is 1.60. The van der Waals surface area contributed by atoms with Crippen LogP contribution in [0, 0.1) is 11.2 Å². The molecule has 0 aliphatic carbocycles. The number of rotatable bonds is 2. The van der Waals surface area contributed by atoms with E-state index in [1.54, 1.807) is 6.07 Å². The summed E-state index contributed by atoms with van der Waals surface area (Å²) in [6.45, 7) is 7.33. The van der Waals surface area contributed by atoms with Gasteiger partial charge < -0.3 is 10.1 Å². The molecule has 6 heteroatoms. The zero-order chi connectivity index (χ0) is 16.0. The quantitative estimate of drug-likeness (QED) is 0.503. The summed E-state index contributed by atoms with van der Waals surface area (Å²) in [5, 5.41) is 6.25. The highest BCUT2D eigenvalue weighted by Gasteiger charge is 2.19. The second kappa shape index (κ2) is 8.16. The topological polar surface area (TPSA) is 38.3 Å². The Hall–Kier alpha value is -0.580. The van der Waals surface area contributed by atoms with Gasteiger partial charge in [0.15, 0.2) is 0 Å². The molecular weight excluding hydrogens is 421 g/mol. The number of amides is 1. The molecule has 0 bridgehead atoms. The highest BCUT2D eigenvalue weighted by atomic mass is 127. The predicted molar refractivity (Wildman–Crippen MR) is 97.7 cm³/mol. The molecule has 114 valence electrons. The van der Waals surface area contributed by atoms with Gasteiger partial charge in [-0.25, -0.2) is 4.79 Å². The van der Waals surface area contributed by atoms with Crippen molar-refractivity contribution in [3.8, 4) is 11.2 Å². The normalized spacial score (nSPS) is 12.1. The third-order valence-corrected chi connectivity index (χ3v) is 3.60. The molecule has 0 aliphatic rings. The van der Waals surface area contributed by atoms with Crippen LogP contribution in [0.15, 0.2) is 18.2 Å². The van der Waals surface area contributed by atoms with E-state index in [2.05, 4.69) is 37.7 Å². The van der Waals surface area contributed by atoms with E-state index in [9.17, 15) is 4.79 Å². The number of alkyl carbamates (subject to hydrolysis) is 1. The summed E-state index contributed by atoms with van der Waals surface area (Å²) in [7, 11) is 1.42. The molecule has 0 aromatic heterocycles. The van der Waals surface area contributed by atoms with Gasteiger partial charge in [0, 0.05) is 31.8 Å². The standard InChI is InChI=1S/C15H17ClINO2S/c1-10(18-14(19)20-15(2,3)4)12-6-5-11(7-8-21-17)9-13(12)16/h5-6,9-10H,1-4H3,(H,18,19). The molecule has 0 heterocycles. The number of hydrogen-bond acceptors (Lipinski definition) is 3. The van der Waals surface area contributed by atoms with Crippen LogP contribution >= 0.6 is 41.7 Å². The lowest BCUT2D eigenvalue weighted by atomic mass is 10.1. The Morgan fingerprint density at radius 2 is 2.14 bits per heavy atom. The Labute approximate surface area is 147 Å². The number of carbonyl (C=O) groups excluding carboxylic acids is 1. The van der Waals surface area contributed by atoms with E-state index >= 15 is 0 Å². The monoisotopic (exact) mass is 437 g/mol. The molecular formula is C15H17ClINO2S. The first-order valence-corrected chi connectivity index (χ1v) is 10.0. The number of carbonyl (C=O) groups is 1. The maximum absolute atomic E-state index is 11.8. The van der Waals surface area contributed by atoms with Crippen molar-refractivity contribution in [1.82, 2.24) is 5.32 Å². The summed E-state index contributed by atoms with van der Waals surface area (Å²) >= 11 is 8.36. The summed E-state index contributed by atoms with van der Waals surface area (Å²) in [5.41, 5.74) is 1.15. The van der Waals surface area contributed by atoms with Crippen molar-refractivity contribution in [2.24, 2.45) is 0 Å². The minimum Gasteiger partial charge on any atom is -0.444 e. The first-order chi connectivity index (χ1) is 9.73. The summed E-state index contributed by atoms with van der Waals surface area (Å²) in [6, 6.07) is 5.30. The first kappa shape index (κ1) is 18.5. The Bertz CT molecular complexity index is 575. The van der Waals surface area contributed by atoms with Gasteiger partial charge in [0.1, 0.15) is 5.60 Å². The zero-order valence-electron chi connectivity index (χ0n) is 12.3. The van der Waals surface area contributed by atoms with Gasteiger partial charge >= 0.3 is 6.09 Å². The smallest absolute Gasteiger partial charge is 0.408 e. The van der Waals surface area contributed by atoms with E-state index < -0.39 is 11.7 Å². The van der Waals surface area contributed by atoms with Gasteiger partial charge in [0.25, 0.3) is 0 Å². The highest BCUT2D eigenvalue weighted by molar-refractivity contribution is 14.2. The minimum atomic E-state index is -0.524. The summed E-state index contributed by atoms with van der Waals surface area (Å²) in [6.07, 6.45) is -0.462. The van der Waals surface area contributed by atoms with Crippen molar-refractivity contribution in [2.45, 2.75) is 39.3 Å². The molecule has 1 amide bonds. The average molecular weight is 438 g/mol. The van der Waals surface area contributed by atoms with Crippen LogP contribution in [0.3, 0.4) is 0 Å². The lowest BCUT2D eigenvalue weighted by molar-refractivity contribution is 0.0508. The molecule has 0 radical (unpaired) electrons. The fourth-order valence-corrected chi connectivity index (χ4v) is 2.43. The van der Waals surface area contributed by atoms with Crippen LogP contribution in [0.5, 0.6) is 0 Å². The number of benzene rings is 1. The number of halogens is 2. The minimum absolute atomic E-state index is 0.242. The number of hydrogen-bond donors (Lipinski definition) is 1. The van der Waals surface area contributed by atoms with Crippen LogP contribution < -0.4 is 5.32 Å². The van der Waals surface area contributed by atoms with Gasteiger partial charge in [0.2, 0.25) is 0 Å². The third-order valence-electron chi connectivity index (χ3n) is 2.43. The van der Waals surface area contributed by atoms with Crippen molar-refractivity contribution in [3.63, 3.8) is 0 Å². The van der Waals surface area contributed by atoms with Gasteiger partial charge in [0.05, 0.1) is 6.04 Å². The van der Waals surface area contributed by atoms with E-state index in [0.29, 0.717) is 5.02 Å². The largest absolute Gasteiger partial charge is 0.444 e. The van der Waals surface area contributed by atoms with Crippen LogP contribution in [0.1, 0.15) is 44.9 Å². The summed E-state index contributed by atoms with van der Waals surface area (Å²) in [4.78, 5) is 11.8. The van der Waals surface area contributed by atoms with Crippen molar-refractivity contribution < 1.29 is 9.53 Å². The molecule has 0 fully saturated rings. The molecule has 0 aliphatic heterocycles. The van der Waals surface area contributed by atoms with Gasteiger partial charge in [-0.05, 0) is 59.6 Å². The number of nitrogens with one attached hydrogen (secondary N) is 1. The van der Waals surface area contributed by atoms with Crippen molar-refractivity contribution in [1.29, 1.82) is 0 Å². The molecule has 1 N–H and O–H groups in total. The van der Waals surface area contributed by atoms with E-state index in [1.165, 1.54) is 8.93 Å². The van der Waals surface area contributed by atoms with E-state index in [-0.39, 0.29) is 6.04 Å². The van der Waals surface area contributed by atoms with Crippen LogP contribution in [0.4, 0.5) is 4.79 Å². The van der Waals surface area contributed by atoms with Crippen molar-refractivity contribution in [3.05, 3.63) is 34.3 Å². The zero-order valence-corrected chi connectivity index (χ0v) is 16.0. The lowest BCUT2D eigenvalue weighted by Crippen LogP contribution is -2.34. The molecule has 21 heavy (non-hydrogen) atoms. The van der Waals surface area contributed by atoms with Crippen molar-refractivity contribution >= 4 is 47.8 Å². The molecule has 0 saturated heterocycles. The second-order valence-electron chi connectivity index (χ2n) is 5.41. The van der Waals surface area contributed by atoms with Crippen LogP contribution in [-0.4, -0.2) is 11.7 Å². The molecule has 0 saturated carbocycles. The van der Waals surface area contributed by atoms with Gasteiger partial charge in [-0.2, -0.15) is 0 Å². The summed E-state index contributed by atoms with van der Waals surface area (Å²) in [5.74, 6) is 2.98. The van der Waals surface area contributed by atoms with E-state index in [4.69, 9.17) is 16.3 Å². The Balaban J connectivity index is 2.79. The molecule has 1 unspecified atom stereocenters. The third kappa shape index (κ3) is 6.81. The van der Waals surface area contributed by atoms with Crippen molar-refractivity contribution in [2.75, 3.05) is 0 Å². The SMILES string of the molecule is CC(NC(=O)OC(C)(C)C)c1ccc(C#CSI)cc1Cl. The highest BCUT2D eigenvalue weighted by Crippen LogP contribution is 2.24. The van der Waals surface area contributed by atoms with Gasteiger partial charge in [-0.15, -0.1) is 0 Å². The molecule has 1 aromatic carbocycles. The maximum atomic E-state index is 11.8. The molecule has 1 rings (SSSR count). The maximum Gasteiger partial charge on any atom is 0.408 e. The lowest BCUT2D eigenvalue weighted by Gasteiger charge is -2.22. The molecule has 1 atom stereocenters. The van der Waals surface area contributed by atoms with Crippen LogP contribution in [-0.2, 0) is 4.74 Å². The molecule has 1 aromatic rings. The Morgan fingerprint density at radius 3 is 2.67 bits per heavy atom. The molecule has 0 spiro atoms.